The molecule has 0 aliphatic carbocycles. The number of aromatic nitrogens is 1. The Hall–Kier alpha value is -0.690. The molecule has 0 spiro atoms. The maximum atomic E-state index is 12.1. The molecule has 1 aromatic heterocycles. The first-order chi connectivity index (χ1) is 8.56. The molecule has 0 saturated carbocycles. The number of rotatable bonds is 2. The van der Waals surface area contributed by atoms with Crippen molar-refractivity contribution < 1.29 is 9.53 Å². The summed E-state index contributed by atoms with van der Waals surface area (Å²) < 4.78 is 6.52. The molecule has 1 amide bonds. The van der Waals surface area contributed by atoms with E-state index < -0.39 is 0 Å². The minimum atomic E-state index is 0.0363. The van der Waals surface area contributed by atoms with Crippen molar-refractivity contribution in [3.8, 4) is 0 Å². The van der Waals surface area contributed by atoms with Gasteiger partial charge in [0.15, 0.2) is 0 Å². The van der Waals surface area contributed by atoms with Crippen LogP contribution in [0.15, 0.2) is 12.3 Å². The molecule has 1 N–H and O–H groups in total. The Morgan fingerprint density at radius 3 is 3.06 bits per heavy atom. The van der Waals surface area contributed by atoms with Crippen LogP contribution in [0, 0.1) is 16.4 Å². The second-order valence-electron chi connectivity index (χ2n) is 4.71. The third-order valence-electron chi connectivity index (χ3n) is 3.14. The quantitative estimate of drug-likeness (QED) is 0.826. The van der Waals surface area contributed by atoms with Gasteiger partial charge in [-0.3, -0.25) is 4.79 Å². The van der Waals surface area contributed by atoms with E-state index in [4.69, 9.17) is 4.74 Å². The monoisotopic (exact) mass is 360 g/mol. The van der Waals surface area contributed by atoms with Gasteiger partial charge in [0.05, 0.1) is 6.10 Å². The van der Waals surface area contributed by atoms with Gasteiger partial charge in [0.2, 0.25) is 5.91 Å². The molecule has 1 aliphatic rings. The van der Waals surface area contributed by atoms with E-state index in [1.54, 1.807) is 6.20 Å². The van der Waals surface area contributed by atoms with Gasteiger partial charge in [-0.2, -0.15) is 0 Å². The molecule has 2 unspecified atom stereocenters. The van der Waals surface area contributed by atoms with Gasteiger partial charge in [-0.25, -0.2) is 4.98 Å². The van der Waals surface area contributed by atoms with Crippen LogP contribution in [-0.2, 0) is 9.53 Å². The number of aryl methyl sites for hydroxylation is 1. The van der Waals surface area contributed by atoms with Crippen LogP contribution in [-0.4, -0.2) is 23.6 Å². The van der Waals surface area contributed by atoms with Crippen molar-refractivity contribution in [2.24, 2.45) is 5.92 Å². The molecular formula is C13H17IN2O2. The Labute approximate surface area is 121 Å². The van der Waals surface area contributed by atoms with Gasteiger partial charge in [-0.05, 0) is 60.9 Å². The lowest BCUT2D eigenvalue weighted by Crippen LogP contribution is -2.32. The number of hydrogen-bond acceptors (Lipinski definition) is 3. The molecule has 1 aliphatic heterocycles. The Morgan fingerprint density at radius 1 is 1.61 bits per heavy atom. The SMILES string of the molecule is Cc1cc(I)cnc1NC(=O)C1CCOC(C)C1. The summed E-state index contributed by atoms with van der Waals surface area (Å²) in [5.41, 5.74) is 0.996. The third-order valence-corrected chi connectivity index (χ3v) is 3.73. The predicted octanol–water partition coefficient (Wildman–Crippen LogP) is 2.75. The average molecular weight is 360 g/mol. The summed E-state index contributed by atoms with van der Waals surface area (Å²) in [6.07, 6.45) is 3.50. The first kappa shape index (κ1) is 13.7. The molecule has 4 nitrogen and oxygen atoms in total. The molecule has 2 rings (SSSR count). The van der Waals surface area contributed by atoms with E-state index in [-0.39, 0.29) is 17.9 Å². The minimum absolute atomic E-state index is 0.0363. The molecule has 1 saturated heterocycles. The molecule has 5 heteroatoms. The lowest BCUT2D eigenvalue weighted by atomic mass is 9.95. The van der Waals surface area contributed by atoms with Gasteiger partial charge in [-0.15, -0.1) is 0 Å². The first-order valence-corrected chi connectivity index (χ1v) is 7.18. The number of amides is 1. The number of nitrogens with one attached hydrogen (secondary N) is 1. The first-order valence-electron chi connectivity index (χ1n) is 6.11. The molecule has 0 bridgehead atoms. The van der Waals surface area contributed by atoms with Crippen molar-refractivity contribution in [3.05, 3.63) is 21.4 Å². The summed E-state index contributed by atoms with van der Waals surface area (Å²) in [4.78, 5) is 16.4. The number of ether oxygens (including phenoxy) is 1. The highest BCUT2D eigenvalue weighted by molar-refractivity contribution is 14.1. The maximum Gasteiger partial charge on any atom is 0.228 e. The van der Waals surface area contributed by atoms with E-state index in [0.717, 1.165) is 22.0 Å². The van der Waals surface area contributed by atoms with E-state index in [9.17, 15) is 4.79 Å². The lowest BCUT2D eigenvalue weighted by molar-refractivity contribution is -0.124. The number of pyridine rings is 1. The molecular weight excluding hydrogens is 343 g/mol. The van der Waals surface area contributed by atoms with Crippen molar-refractivity contribution in [2.45, 2.75) is 32.8 Å². The molecule has 1 fully saturated rings. The fraction of sp³-hybridized carbons (Fsp3) is 0.538. The van der Waals surface area contributed by atoms with Crippen LogP contribution in [0.5, 0.6) is 0 Å². The Balaban J connectivity index is 2.02. The smallest absolute Gasteiger partial charge is 0.228 e. The highest BCUT2D eigenvalue weighted by Crippen LogP contribution is 2.22. The maximum absolute atomic E-state index is 12.1. The number of carbonyl (C=O) groups is 1. The molecule has 98 valence electrons. The third kappa shape index (κ3) is 3.41. The standard InChI is InChI=1S/C13H17IN2O2/c1-8-5-11(14)7-15-12(8)16-13(17)10-3-4-18-9(2)6-10/h5,7,9-10H,3-4,6H2,1-2H3,(H,15,16,17). The van der Waals surface area contributed by atoms with E-state index in [0.29, 0.717) is 12.4 Å². The predicted molar refractivity (Wildman–Crippen MR) is 78.5 cm³/mol. The van der Waals surface area contributed by atoms with Crippen molar-refractivity contribution in [3.63, 3.8) is 0 Å². The minimum Gasteiger partial charge on any atom is -0.378 e. The van der Waals surface area contributed by atoms with Gasteiger partial charge >= 0.3 is 0 Å². The average Bonchev–Trinajstić information content (AvgIpc) is 2.32. The zero-order valence-electron chi connectivity index (χ0n) is 10.6. The summed E-state index contributed by atoms with van der Waals surface area (Å²) in [5.74, 6) is 0.760. The van der Waals surface area contributed by atoms with Gasteiger partial charge in [0, 0.05) is 22.3 Å². The highest BCUT2D eigenvalue weighted by atomic mass is 127. The number of halogens is 1. The highest BCUT2D eigenvalue weighted by Gasteiger charge is 2.26. The van der Waals surface area contributed by atoms with E-state index in [1.807, 2.05) is 19.9 Å². The summed E-state index contributed by atoms with van der Waals surface area (Å²) in [6, 6.07) is 2.01. The number of nitrogens with zero attached hydrogens (tertiary/aromatic N) is 1. The van der Waals surface area contributed by atoms with Crippen molar-refractivity contribution in [2.75, 3.05) is 11.9 Å². The van der Waals surface area contributed by atoms with Crippen LogP contribution in [0.3, 0.4) is 0 Å². The molecule has 1 aromatic rings. The Kier molecular flexibility index (Phi) is 4.55. The Bertz CT molecular complexity index is 451. The number of anilines is 1. The largest absolute Gasteiger partial charge is 0.378 e. The molecule has 2 atom stereocenters. The zero-order chi connectivity index (χ0) is 13.1. The van der Waals surface area contributed by atoms with Crippen LogP contribution < -0.4 is 5.32 Å². The van der Waals surface area contributed by atoms with E-state index >= 15 is 0 Å². The van der Waals surface area contributed by atoms with Gasteiger partial charge in [0.1, 0.15) is 5.82 Å². The van der Waals surface area contributed by atoms with Crippen molar-refractivity contribution in [1.29, 1.82) is 0 Å². The fourth-order valence-corrected chi connectivity index (χ4v) is 2.73. The molecule has 2 heterocycles. The Morgan fingerprint density at radius 2 is 2.39 bits per heavy atom. The summed E-state index contributed by atoms with van der Waals surface area (Å²) in [6.45, 7) is 4.63. The topological polar surface area (TPSA) is 51.2 Å². The second kappa shape index (κ2) is 5.97. The summed E-state index contributed by atoms with van der Waals surface area (Å²) in [7, 11) is 0. The fourth-order valence-electron chi connectivity index (χ4n) is 2.13. The number of carbonyl (C=O) groups excluding carboxylic acids is 1. The van der Waals surface area contributed by atoms with Crippen molar-refractivity contribution >= 4 is 34.3 Å². The zero-order valence-corrected chi connectivity index (χ0v) is 12.7. The van der Waals surface area contributed by atoms with Crippen molar-refractivity contribution in [1.82, 2.24) is 4.98 Å². The van der Waals surface area contributed by atoms with Crippen LogP contribution >= 0.6 is 22.6 Å². The number of hydrogen-bond donors (Lipinski definition) is 1. The van der Waals surface area contributed by atoms with Crippen LogP contribution in [0.2, 0.25) is 0 Å². The summed E-state index contributed by atoms with van der Waals surface area (Å²) >= 11 is 2.21. The van der Waals surface area contributed by atoms with Crippen LogP contribution in [0.4, 0.5) is 5.82 Å². The van der Waals surface area contributed by atoms with Crippen LogP contribution in [0.1, 0.15) is 25.3 Å². The van der Waals surface area contributed by atoms with Crippen LogP contribution in [0.25, 0.3) is 0 Å². The normalized spacial score (nSPS) is 23.7. The van der Waals surface area contributed by atoms with Gasteiger partial charge in [-0.1, -0.05) is 0 Å². The van der Waals surface area contributed by atoms with Gasteiger partial charge in [0.25, 0.3) is 0 Å². The van der Waals surface area contributed by atoms with E-state index in [2.05, 4.69) is 32.9 Å². The molecule has 0 radical (unpaired) electrons. The lowest BCUT2D eigenvalue weighted by Gasteiger charge is -2.26. The second-order valence-corrected chi connectivity index (χ2v) is 5.96. The van der Waals surface area contributed by atoms with Gasteiger partial charge < -0.3 is 10.1 Å². The molecule has 0 aromatic carbocycles. The molecule has 18 heavy (non-hydrogen) atoms. The summed E-state index contributed by atoms with van der Waals surface area (Å²) in [5, 5.41) is 2.92. The van der Waals surface area contributed by atoms with E-state index in [1.165, 1.54) is 0 Å².